The first-order chi connectivity index (χ1) is 9.24. The number of anilines is 1. The molecule has 0 spiro atoms. The van der Waals surface area contributed by atoms with Crippen molar-refractivity contribution in [2.24, 2.45) is 5.73 Å². The van der Waals surface area contributed by atoms with Crippen LogP contribution < -0.4 is 20.5 Å². The summed E-state index contributed by atoms with van der Waals surface area (Å²) in [6.45, 7) is 0.694. The average molecular weight is 259 g/mol. The third-order valence-electron chi connectivity index (χ3n) is 2.92. The lowest BCUT2D eigenvalue weighted by Crippen LogP contribution is -2.16. The summed E-state index contributed by atoms with van der Waals surface area (Å²) in [7, 11) is 0. The van der Waals surface area contributed by atoms with Gasteiger partial charge in [0.1, 0.15) is 5.82 Å². The average Bonchev–Trinajstić information content (AvgIpc) is 2.83. The molecule has 1 aromatic heterocycles. The van der Waals surface area contributed by atoms with Crippen LogP contribution in [-0.4, -0.2) is 24.2 Å². The third kappa shape index (κ3) is 2.24. The van der Waals surface area contributed by atoms with Crippen LogP contribution in [0.3, 0.4) is 0 Å². The number of benzene rings is 1. The van der Waals surface area contributed by atoms with Crippen LogP contribution in [-0.2, 0) is 4.79 Å². The van der Waals surface area contributed by atoms with Crippen LogP contribution in [0.5, 0.6) is 11.5 Å². The van der Waals surface area contributed by atoms with Gasteiger partial charge >= 0.3 is 0 Å². The molecule has 3 N–H and O–H groups in total. The van der Waals surface area contributed by atoms with E-state index in [0.29, 0.717) is 18.1 Å². The molecule has 1 aliphatic rings. The number of fused-ring (bicyclic) bond motifs is 2. The fourth-order valence-electron chi connectivity index (χ4n) is 2.01. The number of nitrogens with two attached hydrogens (primary N) is 1. The SMILES string of the molecule is NC(=O)CCNc1nccc2cc3c(cc12)OCO3. The molecule has 98 valence electrons. The van der Waals surface area contributed by atoms with Crippen molar-refractivity contribution in [3.05, 3.63) is 24.4 Å². The predicted octanol–water partition coefficient (Wildman–Crippen LogP) is 1.25. The van der Waals surface area contributed by atoms with Gasteiger partial charge in [-0.3, -0.25) is 4.79 Å². The molecule has 6 nitrogen and oxygen atoms in total. The zero-order chi connectivity index (χ0) is 13.2. The Morgan fingerprint density at radius 1 is 1.37 bits per heavy atom. The number of ether oxygens (including phenoxy) is 2. The molecule has 0 radical (unpaired) electrons. The van der Waals surface area contributed by atoms with Gasteiger partial charge in [0.2, 0.25) is 12.7 Å². The van der Waals surface area contributed by atoms with Crippen LogP contribution in [0.4, 0.5) is 5.82 Å². The molecule has 3 rings (SSSR count). The maximum Gasteiger partial charge on any atom is 0.231 e. The molecule has 2 heterocycles. The van der Waals surface area contributed by atoms with Gasteiger partial charge in [0, 0.05) is 24.5 Å². The number of amides is 1. The van der Waals surface area contributed by atoms with E-state index >= 15 is 0 Å². The summed E-state index contributed by atoms with van der Waals surface area (Å²) in [6.07, 6.45) is 1.97. The van der Waals surface area contributed by atoms with Gasteiger partial charge in [-0.15, -0.1) is 0 Å². The summed E-state index contributed by atoms with van der Waals surface area (Å²) in [5.74, 6) is 1.81. The third-order valence-corrected chi connectivity index (χ3v) is 2.92. The van der Waals surface area contributed by atoms with Crippen LogP contribution in [0, 0.1) is 0 Å². The molecule has 19 heavy (non-hydrogen) atoms. The highest BCUT2D eigenvalue weighted by Gasteiger charge is 2.15. The highest BCUT2D eigenvalue weighted by atomic mass is 16.7. The minimum atomic E-state index is -0.342. The summed E-state index contributed by atoms with van der Waals surface area (Å²) in [6, 6.07) is 5.70. The van der Waals surface area contributed by atoms with E-state index in [-0.39, 0.29) is 19.1 Å². The summed E-state index contributed by atoms with van der Waals surface area (Å²) >= 11 is 0. The molecule has 0 unspecified atom stereocenters. The molecule has 1 aliphatic heterocycles. The molecule has 1 aromatic carbocycles. The molecular weight excluding hydrogens is 246 g/mol. The summed E-state index contributed by atoms with van der Waals surface area (Å²) < 4.78 is 10.7. The lowest BCUT2D eigenvalue weighted by Gasteiger charge is -2.08. The van der Waals surface area contributed by atoms with Crippen LogP contribution in [0.1, 0.15) is 6.42 Å². The number of nitrogens with one attached hydrogen (secondary N) is 1. The molecule has 0 saturated carbocycles. The number of nitrogens with zero attached hydrogens (tertiary/aromatic N) is 1. The molecule has 1 amide bonds. The van der Waals surface area contributed by atoms with Crippen molar-refractivity contribution in [1.82, 2.24) is 4.98 Å². The molecule has 2 aromatic rings. The van der Waals surface area contributed by atoms with Crippen molar-refractivity contribution >= 4 is 22.5 Å². The predicted molar refractivity (Wildman–Crippen MR) is 70.2 cm³/mol. The van der Waals surface area contributed by atoms with Crippen LogP contribution in [0.15, 0.2) is 24.4 Å². The Bertz CT molecular complexity index is 642. The second-order valence-corrected chi connectivity index (χ2v) is 4.23. The molecule has 0 aliphatic carbocycles. The first-order valence-electron chi connectivity index (χ1n) is 5.94. The molecule has 0 bridgehead atoms. The van der Waals surface area contributed by atoms with Crippen molar-refractivity contribution in [1.29, 1.82) is 0 Å². The van der Waals surface area contributed by atoms with Gasteiger partial charge < -0.3 is 20.5 Å². The summed E-state index contributed by atoms with van der Waals surface area (Å²) in [5.41, 5.74) is 5.11. The Kier molecular flexibility index (Phi) is 2.83. The van der Waals surface area contributed by atoms with Crippen molar-refractivity contribution in [3.8, 4) is 11.5 Å². The summed E-state index contributed by atoms with van der Waals surface area (Å²) in [5, 5.41) is 5.03. The lowest BCUT2D eigenvalue weighted by molar-refractivity contribution is -0.117. The Morgan fingerprint density at radius 3 is 2.95 bits per heavy atom. The number of pyridine rings is 1. The lowest BCUT2D eigenvalue weighted by atomic mass is 10.1. The van der Waals surface area contributed by atoms with Crippen LogP contribution >= 0.6 is 0 Å². The topological polar surface area (TPSA) is 86.5 Å². The van der Waals surface area contributed by atoms with E-state index in [1.807, 2.05) is 18.2 Å². The fraction of sp³-hybridized carbons (Fsp3) is 0.231. The van der Waals surface area contributed by atoms with E-state index in [1.54, 1.807) is 6.20 Å². The smallest absolute Gasteiger partial charge is 0.231 e. The second kappa shape index (κ2) is 4.64. The van der Waals surface area contributed by atoms with Crippen molar-refractivity contribution in [2.45, 2.75) is 6.42 Å². The van der Waals surface area contributed by atoms with Crippen LogP contribution in [0.25, 0.3) is 10.8 Å². The molecule has 0 atom stereocenters. The second-order valence-electron chi connectivity index (χ2n) is 4.23. The minimum Gasteiger partial charge on any atom is -0.454 e. The quantitative estimate of drug-likeness (QED) is 0.863. The highest BCUT2D eigenvalue weighted by Crippen LogP contribution is 2.37. The summed E-state index contributed by atoms with van der Waals surface area (Å²) in [4.78, 5) is 15.0. The number of carbonyl (C=O) groups excluding carboxylic acids is 1. The van der Waals surface area contributed by atoms with Gasteiger partial charge in [-0.05, 0) is 23.6 Å². The standard InChI is InChI=1S/C13H13N3O3/c14-12(17)2-4-16-13-9-6-11-10(18-7-19-11)5-8(9)1-3-15-13/h1,3,5-6H,2,4,7H2,(H2,14,17)(H,15,16). The van der Waals surface area contributed by atoms with Gasteiger partial charge in [-0.25, -0.2) is 4.98 Å². The zero-order valence-electron chi connectivity index (χ0n) is 10.2. The zero-order valence-corrected chi connectivity index (χ0v) is 10.2. The normalized spacial score (nSPS) is 12.6. The fourth-order valence-corrected chi connectivity index (χ4v) is 2.01. The van der Waals surface area contributed by atoms with E-state index in [1.165, 1.54) is 0 Å². The minimum absolute atomic E-state index is 0.240. The van der Waals surface area contributed by atoms with E-state index in [4.69, 9.17) is 15.2 Å². The van der Waals surface area contributed by atoms with Crippen molar-refractivity contribution in [2.75, 3.05) is 18.7 Å². The van der Waals surface area contributed by atoms with E-state index in [0.717, 1.165) is 16.5 Å². The Labute approximate surface area is 109 Å². The van der Waals surface area contributed by atoms with Gasteiger partial charge in [-0.1, -0.05) is 0 Å². The molecular formula is C13H13N3O3. The van der Waals surface area contributed by atoms with Gasteiger partial charge in [-0.2, -0.15) is 0 Å². The van der Waals surface area contributed by atoms with E-state index in [9.17, 15) is 4.79 Å². The highest BCUT2D eigenvalue weighted by molar-refractivity contribution is 5.94. The molecule has 0 fully saturated rings. The van der Waals surface area contributed by atoms with Crippen molar-refractivity contribution < 1.29 is 14.3 Å². The maximum absolute atomic E-state index is 10.7. The first kappa shape index (κ1) is 11.6. The molecule has 0 saturated heterocycles. The maximum atomic E-state index is 10.7. The van der Waals surface area contributed by atoms with Gasteiger partial charge in [0.25, 0.3) is 0 Å². The number of primary amides is 1. The number of aromatic nitrogens is 1. The van der Waals surface area contributed by atoms with Gasteiger partial charge in [0.05, 0.1) is 0 Å². The number of hydrogen-bond donors (Lipinski definition) is 2. The Balaban J connectivity index is 1.93. The van der Waals surface area contributed by atoms with Crippen LogP contribution in [0.2, 0.25) is 0 Å². The number of rotatable bonds is 4. The van der Waals surface area contributed by atoms with Gasteiger partial charge in [0.15, 0.2) is 11.5 Å². The van der Waals surface area contributed by atoms with E-state index < -0.39 is 0 Å². The first-order valence-corrected chi connectivity index (χ1v) is 5.94. The number of hydrogen-bond acceptors (Lipinski definition) is 5. The van der Waals surface area contributed by atoms with E-state index in [2.05, 4.69) is 10.3 Å². The van der Waals surface area contributed by atoms with Crippen molar-refractivity contribution in [3.63, 3.8) is 0 Å². The monoisotopic (exact) mass is 259 g/mol. The number of carbonyl (C=O) groups is 1. The Morgan fingerprint density at radius 2 is 2.16 bits per heavy atom. The largest absolute Gasteiger partial charge is 0.454 e. The Hall–Kier alpha value is -2.50. The molecule has 6 heteroatoms.